The molecule has 0 aliphatic carbocycles. The van der Waals surface area contributed by atoms with Crippen molar-refractivity contribution in [3.8, 4) is 0 Å². The van der Waals surface area contributed by atoms with E-state index in [1.54, 1.807) is 6.33 Å². The van der Waals surface area contributed by atoms with Crippen LogP contribution in [0.15, 0.2) is 12.7 Å². The van der Waals surface area contributed by atoms with Gasteiger partial charge in [-0.25, -0.2) is 19.6 Å². The molecule has 1 aliphatic heterocycles. The lowest BCUT2D eigenvalue weighted by Crippen LogP contribution is -2.36. The Labute approximate surface area is 138 Å². The van der Waals surface area contributed by atoms with Gasteiger partial charge in [-0.15, -0.1) is 0 Å². The molecule has 2 aromatic rings. The number of hydrogen-bond acceptors (Lipinski definition) is 5. The van der Waals surface area contributed by atoms with Crippen LogP contribution in [0.4, 0.5) is 5.82 Å². The number of aryl methyl sites for hydroxylation is 1. The molecule has 0 N–H and O–H groups in total. The molecule has 0 bridgehead atoms. The average molecular weight is 314 g/mol. The second-order valence-corrected chi connectivity index (χ2v) is 7.42. The molecule has 6 heteroatoms. The van der Waals surface area contributed by atoms with Gasteiger partial charge in [0.05, 0.1) is 6.04 Å². The quantitative estimate of drug-likeness (QED) is 0.853. The Morgan fingerprint density at radius 2 is 1.78 bits per heavy atom. The first-order valence-electron chi connectivity index (χ1n) is 8.31. The van der Waals surface area contributed by atoms with Gasteiger partial charge in [-0.2, -0.15) is 5.10 Å². The van der Waals surface area contributed by atoms with Crippen molar-refractivity contribution in [1.82, 2.24) is 24.7 Å². The molecule has 0 aromatic carbocycles. The summed E-state index contributed by atoms with van der Waals surface area (Å²) < 4.78 is 1.98. The van der Waals surface area contributed by atoms with E-state index in [1.807, 2.05) is 11.0 Å². The van der Waals surface area contributed by atoms with E-state index in [0.29, 0.717) is 6.04 Å². The minimum absolute atomic E-state index is 0.0355. The minimum Gasteiger partial charge on any atom is -0.356 e. The van der Waals surface area contributed by atoms with Crippen molar-refractivity contribution in [3.63, 3.8) is 0 Å². The third-order valence-corrected chi connectivity index (χ3v) is 4.61. The van der Waals surface area contributed by atoms with Crippen LogP contribution in [-0.4, -0.2) is 37.8 Å². The molecule has 0 radical (unpaired) electrons. The predicted molar refractivity (Wildman–Crippen MR) is 90.7 cm³/mol. The van der Waals surface area contributed by atoms with E-state index in [4.69, 9.17) is 9.97 Å². The van der Waals surface area contributed by atoms with Crippen LogP contribution in [0.2, 0.25) is 0 Å². The number of anilines is 1. The molecule has 0 spiro atoms. The molecule has 3 rings (SSSR count). The Bertz CT molecular complexity index is 663. The number of piperidine rings is 1. The first-order chi connectivity index (χ1) is 10.9. The van der Waals surface area contributed by atoms with Crippen molar-refractivity contribution in [1.29, 1.82) is 0 Å². The average Bonchev–Trinajstić information content (AvgIpc) is 3.03. The fourth-order valence-corrected chi connectivity index (χ4v) is 3.01. The molecule has 0 unspecified atom stereocenters. The maximum absolute atomic E-state index is 4.90. The lowest BCUT2D eigenvalue weighted by molar-refractivity contribution is 0.364. The highest BCUT2D eigenvalue weighted by molar-refractivity contribution is 5.49. The van der Waals surface area contributed by atoms with Crippen LogP contribution < -0.4 is 4.90 Å². The summed E-state index contributed by atoms with van der Waals surface area (Å²) in [5, 5.41) is 4.28. The summed E-state index contributed by atoms with van der Waals surface area (Å²) in [4.78, 5) is 16.0. The maximum Gasteiger partial charge on any atom is 0.137 e. The zero-order chi connectivity index (χ0) is 16.6. The van der Waals surface area contributed by atoms with Crippen molar-refractivity contribution in [2.24, 2.45) is 0 Å². The van der Waals surface area contributed by atoms with Gasteiger partial charge >= 0.3 is 0 Å². The van der Waals surface area contributed by atoms with Gasteiger partial charge in [0.25, 0.3) is 0 Å². The van der Waals surface area contributed by atoms with Gasteiger partial charge < -0.3 is 4.90 Å². The summed E-state index contributed by atoms with van der Waals surface area (Å²) in [6.45, 7) is 12.7. The standard InChI is InChI=1S/C17H26N6/c1-12-13(2)20-16(17(3,4)5)21-15(12)22-8-6-14(7-9-22)23-11-18-10-19-23/h10-11,14H,6-9H2,1-5H3. The van der Waals surface area contributed by atoms with E-state index < -0.39 is 0 Å². The highest BCUT2D eigenvalue weighted by atomic mass is 15.3. The van der Waals surface area contributed by atoms with Crippen LogP contribution in [0.3, 0.4) is 0 Å². The van der Waals surface area contributed by atoms with Gasteiger partial charge in [0.2, 0.25) is 0 Å². The van der Waals surface area contributed by atoms with E-state index in [-0.39, 0.29) is 5.41 Å². The minimum atomic E-state index is -0.0355. The maximum atomic E-state index is 4.90. The summed E-state index contributed by atoms with van der Waals surface area (Å²) in [7, 11) is 0. The molecule has 1 fully saturated rings. The van der Waals surface area contributed by atoms with Crippen LogP contribution in [0.25, 0.3) is 0 Å². The Balaban J connectivity index is 1.81. The van der Waals surface area contributed by atoms with Gasteiger partial charge in [-0.1, -0.05) is 20.8 Å². The Morgan fingerprint density at radius 3 is 2.35 bits per heavy atom. The molecular formula is C17H26N6. The smallest absolute Gasteiger partial charge is 0.137 e. The Hall–Kier alpha value is -1.98. The summed E-state index contributed by atoms with van der Waals surface area (Å²) in [6.07, 6.45) is 5.56. The number of rotatable bonds is 2. The molecular weight excluding hydrogens is 288 g/mol. The van der Waals surface area contributed by atoms with Gasteiger partial charge in [0.15, 0.2) is 0 Å². The van der Waals surface area contributed by atoms with E-state index in [1.165, 1.54) is 5.56 Å². The molecule has 0 saturated carbocycles. The number of aromatic nitrogens is 5. The van der Waals surface area contributed by atoms with E-state index >= 15 is 0 Å². The van der Waals surface area contributed by atoms with Crippen LogP contribution in [0.1, 0.15) is 56.7 Å². The van der Waals surface area contributed by atoms with Crippen molar-refractivity contribution >= 4 is 5.82 Å². The normalized spacial score (nSPS) is 16.8. The van der Waals surface area contributed by atoms with Gasteiger partial charge in [0, 0.05) is 29.8 Å². The largest absolute Gasteiger partial charge is 0.356 e. The van der Waals surface area contributed by atoms with E-state index in [2.05, 4.69) is 49.6 Å². The molecule has 23 heavy (non-hydrogen) atoms. The molecule has 1 aliphatic rings. The molecule has 0 atom stereocenters. The van der Waals surface area contributed by atoms with Crippen LogP contribution >= 0.6 is 0 Å². The topological polar surface area (TPSA) is 59.7 Å². The Morgan fingerprint density at radius 1 is 1.09 bits per heavy atom. The van der Waals surface area contributed by atoms with Gasteiger partial charge in [-0.3, -0.25) is 0 Å². The third kappa shape index (κ3) is 3.21. The lowest BCUT2D eigenvalue weighted by atomic mass is 9.95. The fourth-order valence-electron chi connectivity index (χ4n) is 3.01. The number of nitrogens with zero attached hydrogens (tertiary/aromatic N) is 6. The molecule has 1 saturated heterocycles. The van der Waals surface area contributed by atoms with E-state index in [9.17, 15) is 0 Å². The fraction of sp³-hybridized carbons (Fsp3) is 0.647. The summed E-state index contributed by atoms with van der Waals surface area (Å²) in [6, 6.07) is 0.444. The second kappa shape index (κ2) is 5.91. The first kappa shape index (κ1) is 15.9. The van der Waals surface area contributed by atoms with Gasteiger partial charge in [-0.05, 0) is 26.7 Å². The van der Waals surface area contributed by atoms with E-state index in [0.717, 1.165) is 43.3 Å². The monoisotopic (exact) mass is 314 g/mol. The molecule has 124 valence electrons. The number of hydrogen-bond donors (Lipinski definition) is 0. The SMILES string of the molecule is Cc1nc(C(C)(C)C)nc(N2CCC(n3cncn3)CC2)c1C. The van der Waals surface area contributed by atoms with Crippen molar-refractivity contribution in [2.45, 2.75) is 58.9 Å². The summed E-state index contributed by atoms with van der Waals surface area (Å²) in [5.41, 5.74) is 2.24. The summed E-state index contributed by atoms with van der Waals surface area (Å²) in [5.74, 6) is 2.02. The molecule has 6 nitrogen and oxygen atoms in total. The lowest BCUT2D eigenvalue weighted by Gasteiger charge is -2.34. The zero-order valence-electron chi connectivity index (χ0n) is 14.7. The van der Waals surface area contributed by atoms with Gasteiger partial charge in [0.1, 0.15) is 24.3 Å². The third-order valence-electron chi connectivity index (χ3n) is 4.61. The molecule has 2 aromatic heterocycles. The van der Waals surface area contributed by atoms with Crippen molar-refractivity contribution in [2.75, 3.05) is 18.0 Å². The first-order valence-corrected chi connectivity index (χ1v) is 8.31. The molecule has 3 heterocycles. The highest BCUT2D eigenvalue weighted by Gasteiger charge is 2.26. The highest BCUT2D eigenvalue weighted by Crippen LogP contribution is 2.29. The summed E-state index contributed by atoms with van der Waals surface area (Å²) >= 11 is 0. The second-order valence-electron chi connectivity index (χ2n) is 7.42. The van der Waals surface area contributed by atoms with Crippen LogP contribution in [0.5, 0.6) is 0 Å². The Kier molecular flexibility index (Phi) is 4.08. The van der Waals surface area contributed by atoms with Crippen LogP contribution in [-0.2, 0) is 5.41 Å². The zero-order valence-corrected chi connectivity index (χ0v) is 14.7. The predicted octanol–water partition coefficient (Wildman–Crippen LogP) is 2.82. The van der Waals surface area contributed by atoms with Crippen molar-refractivity contribution in [3.05, 3.63) is 29.7 Å². The van der Waals surface area contributed by atoms with Crippen LogP contribution in [0, 0.1) is 13.8 Å². The van der Waals surface area contributed by atoms with Crippen molar-refractivity contribution < 1.29 is 0 Å². The molecule has 0 amide bonds.